The summed E-state index contributed by atoms with van der Waals surface area (Å²) in [7, 11) is 1.86. The number of aromatic nitrogens is 5. The first-order chi connectivity index (χ1) is 11.0. The Morgan fingerprint density at radius 3 is 2.74 bits per heavy atom. The molecule has 0 N–H and O–H groups in total. The summed E-state index contributed by atoms with van der Waals surface area (Å²) in [4.78, 5) is 12.5. The summed E-state index contributed by atoms with van der Waals surface area (Å²) in [5.74, 6) is 0. The van der Waals surface area contributed by atoms with Crippen LogP contribution < -0.4 is 5.56 Å². The quantitative estimate of drug-likeness (QED) is 0.565. The van der Waals surface area contributed by atoms with Crippen molar-refractivity contribution in [3.8, 4) is 0 Å². The summed E-state index contributed by atoms with van der Waals surface area (Å²) in [5.41, 5.74) is 4.99. The molecule has 0 aliphatic rings. The third-order valence-corrected chi connectivity index (χ3v) is 4.11. The maximum absolute atomic E-state index is 12.5. The highest BCUT2D eigenvalue weighted by atomic mass is 16.6. The molecule has 0 aliphatic carbocycles. The highest BCUT2D eigenvalue weighted by Crippen LogP contribution is 2.21. The lowest BCUT2D eigenvalue weighted by Gasteiger charge is -2.10. The van der Waals surface area contributed by atoms with Crippen molar-refractivity contribution in [3.63, 3.8) is 0 Å². The summed E-state index contributed by atoms with van der Waals surface area (Å²) in [5, 5.41) is 13.1. The van der Waals surface area contributed by atoms with Crippen molar-refractivity contribution < 1.29 is 4.63 Å². The monoisotopic (exact) mass is 309 g/mol. The second kappa shape index (κ2) is 4.77. The summed E-state index contributed by atoms with van der Waals surface area (Å²) < 4.78 is 8.21. The van der Waals surface area contributed by atoms with Crippen LogP contribution in [0.3, 0.4) is 0 Å². The molecule has 0 saturated carbocycles. The Kier molecular flexibility index (Phi) is 2.84. The normalized spacial score (nSPS) is 11.6. The molecule has 0 fully saturated rings. The van der Waals surface area contributed by atoms with Gasteiger partial charge in [0.15, 0.2) is 0 Å². The molecule has 3 aromatic heterocycles. The lowest BCUT2D eigenvalue weighted by Crippen LogP contribution is -2.22. The zero-order valence-electron chi connectivity index (χ0n) is 13.1. The molecular weight excluding hydrogens is 294 g/mol. The summed E-state index contributed by atoms with van der Waals surface area (Å²) in [6, 6.07) is 7.31. The van der Waals surface area contributed by atoms with Gasteiger partial charge in [-0.3, -0.25) is 14.0 Å². The van der Waals surface area contributed by atoms with E-state index in [-0.39, 0.29) is 5.56 Å². The Labute approximate surface area is 131 Å². The van der Waals surface area contributed by atoms with Crippen molar-refractivity contribution in [2.24, 2.45) is 7.05 Å². The minimum atomic E-state index is -0.0450. The summed E-state index contributed by atoms with van der Waals surface area (Å²) in [6.45, 7) is 4.34. The predicted octanol–water partition coefficient (Wildman–Crippen LogP) is 1.94. The zero-order valence-corrected chi connectivity index (χ0v) is 13.1. The second-order valence-electron chi connectivity index (χ2n) is 5.75. The topological polar surface area (TPSA) is 78.7 Å². The molecule has 23 heavy (non-hydrogen) atoms. The smallest absolute Gasteiger partial charge is 0.252 e. The minimum absolute atomic E-state index is 0.0450. The van der Waals surface area contributed by atoms with Gasteiger partial charge in [0.05, 0.1) is 12.2 Å². The number of hydrogen-bond donors (Lipinski definition) is 0. The van der Waals surface area contributed by atoms with Gasteiger partial charge < -0.3 is 0 Å². The number of benzene rings is 1. The molecule has 116 valence electrons. The van der Waals surface area contributed by atoms with E-state index in [9.17, 15) is 4.79 Å². The Balaban J connectivity index is 1.93. The Hall–Kier alpha value is -2.96. The standard InChI is InChI=1S/C16H15N5O2/c1-9-6-14(22)21(16-15(9)10(2)17-20(16)3)8-11-4-5-12-13(7-11)19-23-18-12/h4-7H,8H2,1-3H3. The van der Waals surface area contributed by atoms with Gasteiger partial charge in [0, 0.05) is 18.5 Å². The van der Waals surface area contributed by atoms with Crippen LogP contribution in [-0.4, -0.2) is 24.7 Å². The van der Waals surface area contributed by atoms with E-state index in [0.29, 0.717) is 17.6 Å². The van der Waals surface area contributed by atoms with E-state index in [1.165, 1.54) is 0 Å². The molecule has 0 radical (unpaired) electrons. The molecule has 0 atom stereocenters. The molecule has 1 aromatic carbocycles. The molecule has 0 saturated heterocycles. The van der Waals surface area contributed by atoms with Gasteiger partial charge in [0.1, 0.15) is 16.7 Å². The highest BCUT2D eigenvalue weighted by Gasteiger charge is 2.14. The lowest BCUT2D eigenvalue weighted by atomic mass is 10.1. The molecule has 4 aromatic rings. The first-order valence-electron chi connectivity index (χ1n) is 7.29. The van der Waals surface area contributed by atoms with Crippen LogP contribution in [0.4, 0.5) is 0 Å². The van der Waals surface area contributed by atoms with E-state index in [0.717, 1.165) is 27.9 Å². The average Bonchev–Trinajstić information content (AvgIpc) is 3.07. The summed E-state index contributed by atoms with van der Waals surface area (Å²) >= 11 is 0. The van der Waals surface area contributed by atoms with E-state index in [1.807, 2.05) is 39.1 Å². The van der Waals surface area contributed by atoms with Gasteiger partial charge in [-0.1, -0.05) is 6.07 Å². The van der Waals surface area contributed by atoms with E-state index in [4.69, 9.17) is 4.63 Å². The number of aryl methyl sites for hydroxylation is 3. The molecule has 0 unspecified atom stereocenters. The van der Waals surface area contributed by atoms with E-state index < -0.39 is 0 Å². The predicted molar refractivity (Wildman–Crippen MR) is 85.4 cm³/mol. The van der Waals surface area contributed by atoms with Crippen LogP contribution in [0.25, 0.3) is 22.1 Å². The van der Waals surface area contributed by atoms with E-state index in [1.54, 1.807) is 15.3 Å². The van der Waals surface area contributed by atoms with Crippen LogP contribution in [-0.2, 0) is 13.6 Å². The van der Waals surface area contributed by atoms with Gasteiger partial charge in [-0.05, 0) is 47.4 Å². The van der Waals surface area contributed by atoms with Crippen molar-refractivity contribution in [2.75, 3.05) is 0 Å². The molecule has 0 amide bonds. The van der Waals surface area contributed by atoms with Gasteiger partial charge in [0.25, 0.3) is 5.56 Å². The number of rotatable bonds is 2. The van der Waals surface area contributed by atoms with Crippen molar-refractivity contribution >= 4 is 22.1 Å². The number of fused-ring (bicyclic) bond motifs is 2. The van der Waals surface area contributed by atoms with Crippen molar-refractivity contribution in [1.29, 1.82) is 0 Å². The van der Waals surface area contributed by atoms with Gasteiger partial charge in [0.2, 0.25) is 0 Å². The van der Waals surface area contributed by atoms with Gasteiger partial charge in [-0.2, -0.15) is 5.10 Å². The zero-order chi connectivity index (χ0) is 16.1. The first kappa shape index (κ1) is 13.7. The van der Waals surface area contributed by atoms with Gasteiger partial charge in [-0.15, -0.1) is 0 Å². The largest absolute Gasteiger partial charge is 0.288 e. The lowest BCUT2D eigenvalue weighted by molar-refractivity contribution is 0.315. The first-order valence-corrected chi connectivity index (χ1v) is 7.29. The van der Waals surface area contributed by atoms with Crippen LogP contribution >= 0.6 is 0 Å². The maximum Gasteiger partial charge on any atom is 0.252 e. The number of pyridine rings is 1. The van der Waals surface area contributed by atoms with Crippen LogP contribution in [0.5, 0.6) is 0 Å². The molecule has 0 aliphatic heterocycles. The Morgan fingerprint density at radius 2 is 1.91 bits per heavy atom. The minimum Gasteiger partial charge on any atom is -0.288 e. The molecule has 7 nitrogen and oxygen atoms in total. The van der Waals surface area contributed by atoms with Crippen LogP contribution in [0.1, 0.15) is 16.8 Å². The van der Waals surface area contributed by atoms with Crippen LogP contribution in [0.15, 0.2) is 33.7 Å². The summed E-state index contributed by atoms with van der Waals surface area (Å²) in [6.07, 6.45) is 0. The highest BCUT2D eigenvalue weighted by molar-refractivity contribution is 5.82. The van der Waals surface area contributed by atoms with E-state index >= 15 is 0 Å². The molecule has 4 rings (SSSR count). The Bertz CT molecular complexity index is 1100. The average molecular weight is 309 g/mol. The van der Waals surface area contributed by atoms with Crippen LogP contribution in [0, 0.1) is 13.8 Å². The molecule has 0 spiro atoms. The molecule has 7 heteroatoms. The number of hydrogen-bond acceptors (Lipinski definition) is 5. The fourth-order valence-corrected chi connectivity index (χ4v) is 3.12. The van der Waals surface area contributed by atoms with Crippen molar-refractivity contribution in [3.05, 3.63) is 51.4 Å². The SMILES string of the molecule is Cc1cc(=O)n(Cc2ccc3nonc3c2)c2c1c(C)nn2C. The fraction of sp³-hybridized carbons (Fsp3) is 0.250. The van der Waals surface area contributed by atoms with Crippen molar-refractivity contribution in [2.45, 2.75) is 20.4 Å². The molecular formula is C16H15N5O2. The fourth-order valence-electron chi connectivity index (χ4n) is 3.12. The molecule has 0 bridgehead atoms. The Morgan fingerprint density at radius 1 is 1.13 bits per heavy atom. The molecule has 3 heterocycles. The van der Waals surface area contributed by atoms with Gasteiger partial charge in [-0.25, -0.2) is 4.63 Å². The maximum atomic E-state index is 12.5. The van der Waals surface area contributed by atoms with Gasteiger partial charge >= 0.3 is 0 Å². The van der Waals surface area contributed by atoms with Crippen LogP contribution in [0.2, 0.25) is 0 Å². The third-order valence-electron chi connectivity index (χ3n) is 4.11. The number of nitrogens with zero attached hydrogens (tertiary/aromatic N) is 5. The third kappa shape index (κ3) is 2.04. The van der Waals surface area contributed by atoms with Crippen molar-refractivity contribution in [1.82, 2.24) is 24.7 Å². The van der Waals surface area contributed by atoms with E-state index in [2.05, 4.69) is 15.4 Å². The second-order valence-corrected chi connectivity index (χ2v) is 5.75.